The van der Waals surface area contributed by atoms with E-state index in [4.69, 9.17) is 0 Å². The van der Waals surface area contributed by atoms with Gasteiger partial charge in [0.15, 0.2) is 0 Å². The summed E-state index contributed by atoms with van der Waals surface area (Å²) in [6, 6.07) is 0. The molecule has 1 nitrogen and oxygen atoms in total. The Bertz CT molecular complexity index is 152. The normalized spacial score (nSPS) is 20.6. The fourth-order valence-electron chi connectivity index (χ4n) is 1.67. The van der Waals surface area contributed by atoms with Crippen LogP contribution in [-0.2, 0) is 4.79 Å². The van der Waals surface area contributed by atoms with Crippen molar-refractivity contribution in [1.82, 2.24) is 0 Å². The maximum Gasteiger partial charge on any atom is 0.145 e. The molecule has 1 rings (SSSR count). The van der Waals surface area contributed by atoms with Crippen molar-refractivity contribution in [3.05, 3.63) is 11.6 Å². The number of rotatable bonds is 3. The first-order valence-electron chi connectivity index (χ1n) is 4.52. The van der Waals surface area contributed by atoms with Gasteiger partial charge in [0, 0.05) is 0 Å². The zero-order valence-electron chi connectivity index (χ0n) is 7.18. The van der Waals surface area contributed by atoms with Gasteiger partial charge in [0.25, 0.3) is 0 Å². The zero-order valence-corrected chi connectivity index (χ0v) is 7.18. The van der Waals surface area contributed by atoms with Crippen molar-refractivity contribution in [3.63, 3.8) is 0 Å². The molecule has 0 unspecified atom stereocenters. The van der Waals surface area contributed by atoms with Gasteiger partial charge in [-0.1, -0.05) is 25.8 Å². The molecule has 0 amide bonds. The molecule has 11 heavy (non-hydrogen) atoms. The Balaban J connectivity index is 2.46. The summed E-state index contributed by atoms with van der Waals surface area (Å²) in [6.45, 7) is 2.04. The summed E-state index contributed by atoms with van der Waals surface area (Å²) >= 11 is 0. The van der Waals surface area contributed by atoms with Gasteiger partial charge >= 0.3 is 0 Å². The van der Waals surface area contributed by atoms with E-state index in [2.05, 4.69) is 6.08 Å². The molecule has 0 bridgehead atoms. The molecule has 0 N–H and O–H groups in total. The Morgan fingerprint density at radius 2 is 2.09 bits per heavy atom. The minimum absolute atomic E-state index is 0.704. The first kappa shape index (κ1) is 8.51. The molecule has 0 aromatic rings. The molecule has 62 valence electrons. The molecule has 0 spiro atoms. The quantitative estimate of drug-likeness (QED) is 0.449. The SMILES string of the molecule is CC/C(C=O)=C\C1CCCC1. The maximum absolute atomic E-state index is 10.5. The van der Waals surface area contributed by atoms with Gasteiger partial charge in [-0.15, -0.1) is 0 Å². The lowest BCUT2D eigenvalue weighted by molar-refractivity contribution is -0.105. The lowest BCUT2D eigenvalue weighted by Gasteiger charge is -2.01. The molecular weight excluding hydrogens is 136 g/mol. The number of carbonyl (C=O) groups excluding carboxylic acids is 1. The monoisotopic (exact) mass is 152 g/mol. The molecule has 0 saturated heterocycles. The van der Waals surface area contributed by atoms with E-state index in [0.717, 1.165) is 18.3 Å². The van der Waals surface area contributed by atoms with Gasteiger partial charge in [-0.25, -0.2) is 0 Å². The Hall–Kier alpha value is -0.590. The van der Waals surface area contributed by atoms with Crippen LogP contribution in [0.5, 0.6) is 0 Å². The highest BCUT2D eigenvalue weighted by molar-refractivity contribution is 5.72. The first-order chi connectivity index (χ1) is 5.36. The molecule has 1 fully saturated rings. The van der Waals surface area contributed by atoms with Crippen LogP contribution in [0.25, 0.3) is 0 Å². The van der Waals surface area contributed by atoms with E-state index < -0.39 is 0 Å². The van der Waals surface area contributed by atoms with Crippen LogP contribution in [0, 0.1) is 5.92 Å². The minimum Gasteiger partial charge on any atom is -0.298 e. The maximum atomic E-state index is 10.5. The molecule has 0 aromatic heterocycles. The summed E-state index contributed by atoms with van der Waals surface area (Å²) in [5, 5.41) is 0. The van der Waals surface area contributed by atoms with E-state index in [-0.39, 0.29) is 0 Å². The number of allylic oxidation sites excluding steroid dienone is 2. The van der Waals surface area contributed by atoms with Crippen molar-refractivity contribution in [2.45, 2.75) is 39.0 Å². The highest BCUT2D eigenvalue weighted by Crippen LogP contribution is 2.26. The van der Waals surface area contributed by atoms with Crippen molar-refractivity contribution in [1.29, 1.82) is 0 Å². The first-order valence-corrected chi connectivity index (χ1v) is 4.52. The Kier molecular flexibility index (Phi) is 3.34. The molecule has 0 heterocycles. The highest BCUT2D eigenvalue weighted by Gasteiger charge is 2.12. The summed E-state index contributed by atoms with van der Waals surface area (Å²) in [6.07, 6.45) is 9.32. The third-order valence-corrected chi connectivity index (χ3v) is 2.41. The predicted octanol–water partition coefficient (Wildman–Crippen LogP) is 2.71. The standard InChI is InChI=1S/C10H16O/c1-2-9(8-11)7-10-5-3-4-6-10/h7-8,10H,2-6H2,1H3/b9-7+. The van der Waals surface area contributed by atoms with E-state index in [0.29, 0.717) is 5.92 Å². The number of aldehydes is 1. The Morgan fingerprint density at radius 1 is 1.45 bits per heavy atom. The van der Waals surface area contributed by atoms with E-state index >= 15 is 0 Å². The zero-order chi connectivity index (χ0) is 8.10. The second kappa shape index (κ2) is 4.32. The topological polar surface area (TPSA) is 17.1 Å². The Labute approximate surface area is 68.5 Å². The molecule has 0 aromatic carbocycles. The molecule has 1 saturated carbocycles. The van der Waals surface area contributed by atoms with Gasteiger partial charge in [0.05, 0.1) is 0 Å². The van der Waals surface area contributed by atoms with Crippen LogP contribution in [0.1, 0.15) is 39.0 Å². The van der Waals surface area contributed by atoms with Gasteiger partial charge in [0.2, 0.25) is 0 Å². The molecule has 1 heteroatoms. The van der Waals surface area contributed by atoms with E-state index in [1.807, 2.05) is 6.92 Å². The van der Waals surface area contributed by atoms with E-state index in [9.17, 15) is 4.79 Å². The van der Waals surface area contributed by atoms with E-state index in [1.54, 1.807) is 0 Å². The van der Waals surface area contributed by atoms with Gasteiger partial charge in [0.1, 0.15) is 6.29 Å². The molecular formula is C10H16O. The van der Waals surface area contributed by atoms with Crippen LogP contribution in [0.2, 0.25) is 0 Å². The number of hydrogen-bond donors (Lipinski definition) is 0. The third kappa shape index (κ3) is 2.49. The number of hydrogen-bond acceptors (Lipinski definition) is 1. The highest BCUT2D eigenvalue weighted by atomic mass is 16.1. The summed E-state index contributed by atoms with van der Waals surface area (Å²) in [4.78, 5) is 10.5. The minimum atomic E-state index is 0.704. The Morgan fingerprint density at radius 3 is 2.55 bits per heavy atom. The van der Waals surface area contributed by atoms with E-state index in [1.165, 1.54) is 25.7 Å². The largest absolute Gasteiger partial charge is 0.298 e. The smallest absolute Gasteiger partial charge is 0.145 e. The van der Waals surface area contributed by atoms with Gasteiger partial charge in [-0.05, 0) is 30.8 Å². The molecule has 0 aliphatic heterocycles. The second-order valence-corrected chi connectivity index (χ2v) is 3.26. The van der Waals surface area contributed by atoms with Crippen molar-refractivity contribution >= 4 is 6.29 Å². The fraction of sp³-hybridized carbons (Fsp3) is 0.700. The third-order valence-electron chi connectivity index (χ3n) is 2.41. The van der Waals surface area contributed by atoms with Crippen LogP contribution in [0.4, 0.5) is 0 Å². The van der Waals surface area contributed by atoms with Crippen molar-refractivity contribution in [3.8, 4) is 0 Å². The predicted molar refractivity (Wildman–Crippen MR) is 46.4 cm³/mol. The summed E-state index contributed by atoms with van der Waals surface area (Å²) in [5.74, 6) is 0.704. The average Bonchev–Trinajstić information content (AvgIpc) is 2.52. The summed E-state index contributed by atoms with van der Waals surface area (Å²) in [7, 11) is 0. The molecule has 1 aliphatic carbocycles. The second-order valence-electron chi connectivity index (χ2n) is 3.26. The van der Waals surface area contributed by atoms with Crippen molar-refractivity contribution < 1.29 is 4.79 Å². The van der Waals surface area contributed by atoms with Crippen LogP contribution in [0.3, 0.4) is 0 Å². The number of carbonyl (C=O) groups is 1. The summed E-state index contributed by atoms with van der Waals surface area (Å²) < 4.78 is 0. The lowest BCUT2D eigenvalue weighted by Crippen LogP contribution is -1.91. The molecule has 0 radical (unpaired) electrons. The van der Waals surface area contributed by atoms with Crippen LogP contribution >= 0.6 is 0 Å². The van der Waals surface area contributed by atoms with Gasteiger partial charge < -0.3 is 0 Å². The van der Waals surface area contributed by atoms with Crippen LogP contribution in [-0.4, -0.2) is 6.29 Å². The molecule has 0 atom stereocenters. The van der Waals surface area contributed by atoms with Crippen LogP contribution < -0.4 is 0 Å². The van der Waals surface area contributed by atoms with Gasteiger partial charge in [-0.3, -0.25) is 4.79 Å². The fourth-order valence-corrected chi connectivity index (χ4v) is 1.67. The van der Waals surface area contributed by atoms with Crippen molar-refractivity contribution in [2.24, 2.45) is 5.92 Å². The lowest BCUT2D eigenvalue weighted by atomic mass is 10.0. The van der Waals surface area contributed by atoms with Crippen molar-refractivity contribution in [2.75, 3.05) is 0 Å². The van der Waals surface area contributed by atoms with Gasteiger partial charge in [-0.2, -0.15) is 0 Å². The summed E-state index contributed by atoms with van der Waals surface area (Å²) in [5.41, 5.74) is 0.983. The van der Waals surface area contributed by atoms with Crippen LogP contribution in [0.15, 0.2) is 11.6 Å². The average molecular weight is 152 g/mol. The molecule has 1 aliphatic rings.